The zero-order valence-electron chi connectivity index (χ0n) is 14.8. The van der Waals surface area contributed by atoms with Crippen molar-refractivity contribution in [1.82, 2.24) is 15.1 Å². The van der Waals surface area contributed by atoms with Gasteiger partial charge in [0.15, 0.2) is 0 Å². The minimum atomic E-state index is -1.18. The summed E-state index contributed by atoms with van der Waals surface area (Å²) in [5.41, 5.74) is 5.41. The van der Waals surface area contributed by atoms with Crippen LogP contribution in [0, 0.1) is 5.82 Å². The van der Waals surface area contributed by atoms with Crippen molar-refractivity contribution in [2.24, 2.45) is 12.8 Å². The molecule has 1 aromatic heterocycles. The standard InChI is InChI=1S/C18H17Cl2FN4O3/c1-25-15(12(19)8-23-25)13-14(18(27)28-16(13)20)17(26)24-11(7-22)6-9-3-2-4-10(21)5-9/h2-5,8,11,16H,6-7,22H2,1H3,(H,24,26)/t11-,16?/m0/s1. The molecule has 1 aromatic carbocycles. The van der Waals surface area contributed by atoms with Crippen molar-refractivity contribution in [2.75, 3.05) is 6.54 Å². The number of hydrogen-bond donors (Lipinski definition) is 2. The summed E-state index contributed by atoms with van der Waals surface area (Å²) in [6.45, 7) is 0.0800. The summed E-state index contributed by atoms with van der Waals surface area (Å²) in [7, 11) is 1.60. The van der Waals surface area contributed by atoms with Gasteiger partial charge in [-0.25, -0.2) is 9.18 Å². The first kappa shape index (κ1) is 20.3. The molecule has 0 spiro atoms. The Labute approximate surface area is 170 Å². The molecule has 2 atom stereocenters. The lowest BCUT2D eigenvalue weighted by Gasteiger charge is -2.17. The highest BCUT2D eigenvalue weighted by Gasteiger charge is 2.40. The molecule has 0 aliphatic carbocycles. The van der Waals surface area contributed by atoms with Crippen molar-refractivity contribution in [3.8, 4) is 0 Å². The summed E-state index contributed by atoms with van der Waals surface area (Å²) >= 11 is 12.3. The van der Waals surface area contributed by atoms with Crippen LogP contribution in [0.15, 0.2) is 36.0 Å². The Morgan fingerprint density at radius 2 is 2.25 bits per heavy atom. The third kappa shape index (κ3) is 4.04. The quantitative estimate of drug-likeness (QED) is 0.416. The van der Waals surface area contributed by atoms with Crippen LogP contribution >= 0.6 is 23.2 Å². The Morgan fingerprint density at radius 3 is 2.86 bits per heavy atom. The molecule has 0 saturated heterocycles. The molecule has 0 fully saturated rings. The smallest absolute Gasteiger partial charge is 0.346 e. The summed E-state index contributed by atoms with van der Waals surface area (Å²) in [5, 5.41) is 6.90. The molecular formula is C18H17Cl2FN4O3. The van der Waals surface area contributed by atoms with Crippen LogP contribution in [-0.2, 0) is 27.8 Å². The van der Waals surface area contributed by atoms with Gasteiger partial charge in [0, 0.05) is 19.6 Å². The summed E-state index contributed by atoms with van der Waals surface area (Å²) in [4.78, 5) is 25.1. The van der Waals surface area contributed by atoms with Gasteiger partial charge in [0.05, 0.1) is 22.5 Å². The van der Waals surface area contributed by atoms with Crippen LogP contribution in [0.5, 0.6) is 0 Å². The normalized spacial score (nSPS) is 17.6. The third-order valence-corrected chi connectivity index (χ3v) is 4.86. The van der Waals surface area contributed by atoms with Gasteiger partial charge in [-0.15, -0.1) is 0 Å². The van der Waals surface area contributed by atoms with E-state index < -0.39 is 23.5 Å². The van der Waals surface area contributed by atoms with Gasteiger partial charge in [-0.2, -0.15) is 5.10 Å². The van der Waals surface area contributed by atoms with E-state index in [1.54, 1.807) is 19.2 Å². The lowest BCUT2D eigenvalue weighted by molar-refractivity contribution is -0.138. The topological polar surface area (TPSA) is 99.2 Å². The molecule has 1 aliphatic rings. The molecule has 28 heavy (non-hydrogen) atoms. The molecule has 148 valence electrons. The van der Waals surface area contributed by atoms with Gasteiger partial charge in [-0.05, 0) is 24.1 Å². The average molecular weight is 427 g/mol. The van der Waals surface area contributed by atoms with Crippen molar-refractivity contribution in [3.05, 3.63) is 58.1 Å². The zero-order valence-corrected chi connectivity index (χ0v) is 16.3. The maximum atomic E-state index is 13.4. The molecule has 2 heterocycles. The highest BCUT2D eigenvalue weighted by molar-refractivity contribution is 6.37. The SMILES string of the molecule is Cn1ncc(Cl)c1C1=C(C(=O)N[C@H](CN)Cc2cccc(F)c2)C(=O)OC1Cl. The minimum absolute atomic E-state index is 0.0800. The molecule has 0 radical (unpaired) electrons. The fourth-order valence-corrected chi connectivity index (χ4v) is 3.55. The monoisotopic (exact) mass is 426 g/mol. The predicted octanol–water partition coefficient (Wildman–Crippen LogP) is 1.77. The van der Waals surface area contributed by atoms with Crippen LogP contribution in [0.4, 0.5) is 4.39 Å². The highest BCUT2D eigenvalue weighted by Crippen LogP contribution is 2.37. The van der Waals surface area contributed by atoms with Crippen LogP contribution in [0.2, 0.25) is 5.02 Å². The number of ether oxygens (including phenoxy) is 1. The van der Waals surface area contributed by atoms with Crippen LogP contribution in [0.25, 0.3) is 5.57 Å². The number of nitrogens with two attached hydrogens (primary N) is 1. The number of carbonyl (C=O) groups is 2. The maximum Gasteiger partial charge on any atom is 0.346 e. The number of cyclic esters (lactones) is 1. The number of alkyl halides is 1. The molecule has 1 amide bonds. The molecule has 0 saturated carbocycles. The van der Waals surface area contributed by atoms with E-state index in [1.165, 1.54) is 23.0 Å². The number of aromatic nitrogens is 2. The molecule has 10 heteroatoms. The second kappa shape index (κ2) is 8.30. The number of amides is 1. The first-order valence-electron chi connectivity index (χ1n) is 8.34. The first-order valence-corrected chi connectivity index (χ1v) is 9.15. The largest absolute Gasteiger partial charge is 0.438 e. The predicted molar refractivity (Wildman–Crippen MR) is 102 cm³/mol. The Balaban J connectivity index is 1.89. The number of aryl methyl sites for hydroxylation is 1. The number of nitrogens with zero attached hydrogens (tertiary/aromatic N) is 2. The van der Waals surface area contributed by atoms with Gasteiger partial charge < -0.3 is 15.8 Å². The average Bonchev–Trinajstić information content (AvgIpc) is 3.11. The van der Waals surface area contributed by atoms with Crippen molar-refractivity contribution >= 4 is 40.7 Å². The fourth-order valence-electron chi connectivity index (χ4n) is 2.99. The van der Waals surface area contributed by atoms with Gasteiger partial charge in [-0.3, -0.25) is 9.48 Å². The van der Waals surface area contributed by atoms with E-state index in [2.05, 4.69) is 10.4 Å². The summed E-state index contributed by atoms with van der Waals surface area (Å²) in [5.74, 6) is -1.96. The van der Waals surface area contributed by atoms with Crippen LogP contribution < -0.4 is 11.1 Å². The molecule has 3 rings (SSSR count). The third-order valence-electron chi connectivity index (χ3n) is 4.28. The molecule has 1 unspecified atom stereocenters. The van der Waals surface area contributed by atoms with E-state index in [0.29, 0.717) is 11.3 Å². The lowest BCUT2D eigenvalue weighted by atomic mass is 10.0. The number of benzene rings is 1. The van der Waals surface area contributed by atoms with E-state index in [-0.39, 0.29) is 35.0 Å². The minimum Gasteiger partial charge on any atom is -0.438 e. The van der Waals surface area contributed by atoms with Crippen molar-refractivity contribution in [2.45, 2.75) is 18.0 Å². The Morgan fingerprint density at radius 1 is 1.50 bits per heavy atom. The van der Waals surface area contributed by atoms with E-state index in [1.807, 2.05) is 0 Å². The van der Waals surface area contributed by atoms with Crippen molar-refractivity contribution < 1.29 is 18.7 Å². The second-order valence-electron chi connectivity index (χ2n) is 6.21. The van der Waals surface area contributed by atoms with E-state index in [9.17, 15) is 14.0 Å². The van der Waals surface area contributed by atoms with Gasteiger partial charge in [0.25, 0.3) is 5.91 Å². The Kier molecular flexibility index (Phi) is 6.02. The second-order valence-corrected chi connectivity index (χ2v) is 7.02. The van der Waals surface area contributed by atoms with E-state index in [0.717, 1.165) is 0 Å². The molecule has 0 bridgehead atoms. The molecule has 2 aromatic rings. The van der Waals surface area contributed by atoms with Crippen LogP contribution in [-0.4, -0.2) is 39.8 Å². The van der Waals surface area contributed by atoms with Crippen LogP contribution in [0.3, 0.4) is 0 Å². The Hall–Kier alpha value is -2.42. The van der Waals surface area contributed by atoms with E-state index in [4.69, 9.17) is 33.7 Å². The summed E-state index contributed by atoms with van der Waals surface area (Å²) in [6.07, 6.45) is 1.66. The number of hydrogen-bond acceptors (Lipinski definition) is 5. The number of nitrogens with one attached hydrogen (secondary N) is 1. The fraction of sp³-hybridized carbons (Fsp3) is 0.278. The number of rotatable bonds is 6. The Bertz CT molecular complexity index is 941. The zero-order chi connectivity index (χ0) is 20.4. The van der Waals surface area contributed by atoms with Gasteiger partial charge in [-0.1, -0.05) is 35.3 Å². The highest BCUT2D eigenvalue weighted by atomic mass is 35.5. The lowest BCUT2D eigenvalue weighted by Crippen LogP contribution is -2.43. The number of carbonyl (C=O) groups excluding carboxylic acids is 2. The summed E-state index contributed by atoms with van der Waals surface area (Å²) in [6, 6.07) is 5.43. The summed E-state index contributed by atoms with van der Waals surface area (Å²) < 4.78 is 19.8. The van der Waals surface area contributed by atoms with Crippen LogP contribution in [0.1, 0.15) is 11.3 Å². The van der Waals surface area contributed by atoms with Crippen molar-refractivity contribution in [1.29, 1.82) is 0 Å². The molecular weight excluding hydrogens is 410 g/mol. The number of halogens is 3. The van der Waals surface area contributed by atoms with Gasteiger partial charge >= 0.3 is 5.97 Å². The number of esters is 1. The molecule has 7 nitrogen and oxygen atoms in total. The molecule has 1 aliphatic heterocycles. The molecule has 3 N–H and O–H groups in total. The van der Waals surface area contributed by atoms with E-state index >= 15 is 0 Å². The van der Waals surface area contributed by atoms with Gasteiger partial charge in [0.1, 0.15) is 11.4 Å². The van der Waals surface area contributed by atoms with Crippen molar-refractivity contribution in [3.63, 3.8) is 0 Å². The van der Waals surface area contributed by atoms with Gasteiger partial charge in [0.2, 0.25) is 5.56 Å². The maximum absolute atomic E-state index is 13.4. The first-order chi connectivity index (χ1) is 13.3.